The summed E-state index contributed by atoms with van der Waals surface area (Å²) < 4.78 is 12.2. The second kappa shape index (κ2) is 24.6. The molecule has 5 amide bonds. The van der Waals surface area contributed by atoms with Crippen molar-refractivity contribution in [2.45, 2.75) is 103 Å². The average molecular weight is 868 g/mol. The first-order chi connectivity index (χ1) is 30.3. The monoisotopic (exact) mass is 868 g/mol. The number of hydrogen-bond acceptors (Lipinski definition) is 11. The topological polar surface area (TPSA) is 257 Å². The molecule has 3 aromatic carbocycles. The number of nitriles is 1. The fourth-order valence-electron chi connectivity index (χ4n) is 7.85. The minimum atomic E-state index is -1.36. The Balaban J connectivity index is 1.80. The molecule has 1 aliphatic heterocycles. The van der Waals surface area contributed by atoms with Crippen LogP contribution in [0.3, 0.4) is 0 Å². The van der Waals surface area contributed by atoms with E-state index in [1.165, 1.54) is 38.1 Å². The molecule has 4 rings (SSSR count). The van der Waals surface area contributed by atoms with E-state index in [4.69, 9.17) is 31.9 Å². The molecule has 0 saturated heterocycles. The van der Waals surface area contributed by atoms with Gasteiger partial charge in [-0.2, -0.15) is 5.26 Å². The number of likely N-dealkylation sites (N-methyl/N-ethyl adjacent to an activating group) is 1. The quantitative estimate of drug-likeness (QED) is 0.0642. The van der Waals surface area contributed by atoms with Gasteiger partial charge in [-0.1, -0.05) is 56.9 Å². The van der Waals surface area contributed by atoms with Crippen LogP contribution in [0, 0.1) is 25.2 Å². The van der Waals surface area contributed by atoms with Crippen LogP contribution in [-0.2, 0) is 32.0 Å². The molecule has 16 nitrogen and oxygen atoms in total. The summed E-state index contributed by atoms with van der Waals surface area (Å²) in [6.45, 7) is 7.90. The number of carbonyl (C=O) groups excluding carboxylic acids is 5. The first-order valence-electron chi connectivity index (χ1n) is 21.8. The first-order valence-corrected chi connectivity index (χ1v) is 21.8. The maximum absolute atomic E-state index is 14.7. The van der Waals surface area contributed by atoms with Crippen LogP contribution in [0.4, 0.5) is 0 Å². The van der Waals surface area contributed by atoms with Crippen molar-refractivity contribution in [1.29, 1.82) is 5.26 Å². The highest BCUT2D eigenvalue weighted by Crippen LogP contribution is 2.40. The van der Waals surface area contributed by atoms with Gasteiger partial charge in [0.15, 0.2) is 0 Å². The summed E-state index contributed by atoms with van der Waals surface area (Å²) in [6, 6.07) is 11.4. The van der Waals surface area contributed by atoms with Crippen molar-refractivity contribution in [2.24, 2.45) is 17.2 Å². The summed E-state index contributed by atoms with van der Waals surface area (Å²) in [5, 5.41) is 20.0. The molecule has 1 heterocycles. The van der Waals surface area contributed by atoms with E-state index in [-0.39, 0.29) is 52.2 Å². The van der Waals surface area contributed by atoms with E-state index in [1.54, 1.807) is 36.4 Å². The number of nitrogens with one attached hydrogen (secondary N) is 4. The summed E-state index contributed by atoms with van der Waals surface area (Å²) in [5.74, 6) is -2.24. The number of ether oxygens (including phenoxy) is 2. The molecule has 4 atom stereocenters. The molecule has 0 spiro atoms. The van der Waals surface area contributed by atoms with Crippen LogP contribution in [0.2, 0.25) is 0 Å². The van der Waals surface area contributed by atoms with E-state index in [0.717, 1.165) is 36.0 Å². The number of carbonyl (C=O) groups is 5. The van der Waals surface area contributed by atoms with Crippen LogP contribution in [0.25, 0.3) is 11.1 Å². The highest BCUT2D eigenvalue weighted by Gasteiger charge is 2.36. The van der Waals surface area contributed by atoms with Crippen LogP contribution in [0.5, 0.6) is 11.5 Å². The highest BCUT2D eigenvalue weighted by atomic mass is 16.5. The van der Waals surface area contributed by atoms with E-state index in [0.29, 0.717) is 39.3 Å². The van der Waals surface area contributed by atoms with Gasteiger partial charge in [0.2, 0.25) is 23.6 Å². The lowest BCUT2D eigenvalue weighted by molar-refractivity contribution is -0.141. The van der Waals surface area contributed by atoms with Crippen molar-refractivity contribution in [2.75, 3.05) is 46.4 Å². The van der Waals surface area contributed by atoms with E-state index in [1.807, 2.05) is 32.0 Å². The van der Waals surface area contributed by atoms with Crippen molar-refractivity contribution in [3.63, 3.8) is 0 Å². The van der Waals surface area contributed by atoms with E-state index in [2.05, 4.69) is 28.2 Å². The molecule has 63 heavy (non-hydrogen) atoms. The molecule has 340 valence electrons. The third kappa shape index (κ3) is 13.5. The van der Waals surface area contributed by atoms with E-state index in [9.17, 15) is 24.0 Å². The van der Waals surface area contributed by atoms with Gasteiger partial charge in [-0.25, -0.2) is 0 Å². The molecule has 0 fully saturated rings. The molecule has 0 unspecified atom stereocenters. The third-order valence-electron chi connectivity index (χ3n) is 11.0. The lowest BCUT2D eigenvalue weighted by Crippen LogP contribution is -2.56. The van der Waals surface area contributed by atoms with Gasteiger partial charge in [-0.05, 0) is 98.7 Å². The maximum Gasteiger partial charge on any atom is 0.252 e. The molecule has 3 aromatic rings. The number of fused-ring (bicyclic) bond motifs is 5. The highest BCUT2D eigenvalue weighted by molar-refractivity contribution is 6.01. The number of aryl methyl sites for hydroxylation is 3. The zero-order chi connectivity index (χ0) is 46.1. The molecule has 0 radical (unpaired) electrons. The van der Waals surface area contributed by atoms with Crippen LogP contribution in [0.1, 0.15) is 96.6 Å². The van der Waals surface area contributed by atoms with Gasteiger partial charge in [0.05, 0.1) is 6.07 Å². The summed E-state index contributed by atoms with van der Waals surface area (Å²) in [7, 11) is 1.45. The summed E-state index contributed by atoms with van der Waals surface area (Å²) in [6.07, 6.45) is 6.77. The Morgan fingerprint density at radius 3 is 2.13 bits per heavy atom. The van der Waals surface area contributed by atoms with Gasteiger partial charge < -0.3 is 52.8 Å². The third-order valence-corrected chi connectivity index (χ3v) is 11.0. The molecule has 1 aliphatic rings. The predicted molar refractivity (Wildman–Crippen MR) is 242 cm³/mol. The van der Waals surface area contributed by atoms with Crippen LogP contribution in [0.15, 0.2) is 48.5 Å². The van der Waals surface area contributed by atoms with Crippen molar-refractivity contribution < 1.29 is 33.4 Å². The maximum atomic E-state index is 14.7. The number of amides is 5. The smallest absolute Gasteiger partial charge is 0.252 e. The number of nitrogens with two attached hydrogens (primary N) is 3. The van der Waals surface area contributed by atoms with Crippen LogP contribution in [-0.4, -0.2) is 99.0 Å². The number of unbranched alkanes of at least 4 members (excludes halogenated alkanes) is 4. The molecule has 0 aliphatic carbocycles. The Labute approximate surface area is 371 Å². The molecule has 4 bridgehead atoms. The number of rotatable bonds is 20. The Morgan fingerprint density at radius 1 is 0.873 bits per heavy atom. The van der Waals surface area contributed by atoms with Gasteiger partial charge in [-0.15, -0.1) is 0 Å². The van der Waals surface area contributed by atoms with Crippen LogP contribution < -0.4 is 47.9 Å². The number of nitrogens with zero attached hydrogens (tertiary/aromatic N) is 2. The minimum Gasteiger partial charge on any atom is -0.492 e. The Hall–Kier alpha value is -6.02. The fraction of sp³-hybridized carbons (Fsp3) is 0.489. The van der Waals surface area contributed by atoms with Gasteiger partial charge in [0, 0.05) is 43.2 Å². The standard InChI is InChI=1S/C47H65N9O7/c1-6-7-8-9-10-11-32-24-29(2)41(30(3)25-32)45(59)54-37(16-17-48)47(61)56(5)42-34-13-15-40(63-23-20-51)36(28-34)35-26-33(12-14-39(35)62-22-19-50)27-38(44(58)52-21-18-49)55-43(57)31(4)53-46(42)60/h12-15,24-26,28,31,37-38,42H,6-11,16-17,19-23,27,48,50-51H2,1-5H3,(H,52,58)(H,53,60)(H,54,59)(H,55,57)/t31-,37-,38-,42-/m0/s1. The molecular formula is C47H65N9O7. The zero-order valence-electron chi connectivity index (χ0n) is 37.3. The van der Waals surface area contributed by atoms with E-state index >= 15 is 0 Å². The number of hydrogen-bond donors (Lipinski definition) is 7. The van der Waals surface area contributed by atoms with Crippen molar-refractivity contribution in [1.82, 2.24) is 26.2 Å². The second-order valence-corrected chi connectivity index (χ2v) is 16.0. The lowest BCUT2D eigenvalue weighted by Gasteiger charge is -2.32. The fourth-order valence-corrected chi connectivity index (χ4v) is 7.85. The molecule has 0 saturated carbocycles. The zero-order valence-corrected chi connectivity index (χ0v) is 37.3. The molecular weight excluding hydrogens is 803 g/mol. The summed E-state index contributed by atoms with van der Waals surface area (Å²) in [4.78, 5) is 71.5. The molecule has 16 heteroatoms. The van der Waals surface area contributed by atoms with Gasteiger partial charge >= 0.3 is 0 Å². The summed E-state index contributed by atoms with van der Waals surface area (Å²) in [5.41, 5.74) is 22.9. The normalized spacial score (nSPS) is 16.7. The van der Waals surface area contributed by atoms with Crippen molar-refractivity contribution >= 4 is 29.5 Å². The molecule has 0 aromatic heterocycles. The van der Waals surface area contributed by atoms with Crippen molar-refractivity contribution in [3.8, 4) is 28.7 Å². The average Bonchev–Trinajstić information content (AvgIpc) is 3.25. The first kappa shape index (κ1) is 49.6. The largest absolute Gasteiger partial charge is 0.492 e. The van der Waals surface area contributed by atoms with Gasteiger partial charge in [-0.3, -0.25) is 24.0 Å². The Morgan fingerprint density at radius 2 is 1.51 bits per heavy atom. The second-order valence-electron chi connectivity index (χ2n) is 16.0. The SMILES string of the molecule is CCCCCCCc1cc(C)c(C(=O)N[C@@H](CCN)C(=O)N(C)[C@@H]2C(=O)N[C@@H](C)C(=O)N[C@H](C(=O)NCC#N)Cc3ccc(OCCN)c(c3)-c3cc2ccc3OCCN)c(C)c1. The predicted octanol–water partition coefficient (Wildman–Crippen LogP) is 2.99. The minimum absolute atomic E-state index is 0.0168. The molecule has 10 N–H and O–H groups in total. The van der Waals surface area contributed by atoms with Crippen LogP contribution >= 0.6 is 0 Å². The lowest BCUT2D eigenvalue weighted by atomic mass is 9.93. The van der Waals surface area contributed by atoms with Gasteiger partial charge in [0.1, 0.15) is 55.4 Å². The Bertz CT molecular complexity index is 2100. The van der Waals surface area contributed by atoms with Crippen molar-refractivity contribution in [3.05, 3.63) is 81.9 Å². The van der Waals surface area contributed by atoms with E-state index < -0.39 is 53.7 Å². The van der Waals surface area contributed by atoms with Gasteiger partial charge in [0.25, 0.3) is 5.91 Å². The summed E-state index contributed by atoms with van der Waals surface area (Å²) >= 11 is 0. The Kier molecular flexibility index (Phi) is 19.4. The number of benzene rings is 3.